The molecule has 0 fully saturated rings. The number of rotatable bonds is 6. The van der Waals surface area contributed by atoms with Crippen LogP contribution >= 0.6 is 0 Å². The maximum atomic E-state index is 5.56. The van der Waals surface area contributed by atoms with Gasteiger partial charge in [-0.3, -0.25) is 4.98 Å². The third kappa shape index (κ3) is 3.69. The van der Waals surface area contributed by atoms with Crippen molar-refractivity contribution >= 4 is 5.95 Å². The minimum absolute atomic E-state index is 0.571. The number of nitrogens with zero attached hydrogens (tertiary/aromatic N) is 3. The number of ether oxygens (including phenoxy) is 1. The Morgan fingerprint density at radius 1 is 1.17 bits per heavy atom. The van der Waals surface area contributed by atoms with Crippen LogP contribution < -0.4 is 10.1 Å². The van der Waals surface area contributed by atoms with Gasteiger partial charge in [-0.1, -0.05) is 0 Å². The maximum Gasteiger partial charge on any atom is 0.225 e. The van der Waals surface area contributed by atoms with Gasteiger partial charge in [0.05, 0.1) is 6.61 Å². The highest BCUT2D eigenvalue weighted by molar-refractivity contribution is 5.25. The Bertz CT molecular complexity index is 475. The molecule has 0 radical (unpaired) electrons. The number of pyridine rings is 1. The van der Waals surface area contributed by atoms with E-state index in [0.29, 0.717) is 18.4 Å². The molecule has 0 unspecified atom stereocenters. The van der Waals surface area contributed by atoms with Crippen molar-refractivity contribution in [3.63, 3.8) is 0 Å². The van der Waals surface area contributed by atoms with Crippen molar-refractivity contribution in [2.24, 2.45) is 0 Å². The van der Waals surface area contributed by atoms with Crippen LogP contribution in [0.15, 0.2) is 36.8 Å². The molecule has 1 N–H and O–H groups in total. The third-order valence-corrected chi connectivity index (χ3v) is 2.46. The monoisotopic (exact) mass is 244 g/mol. The van der Waals surface area contributed by atoms with Gasteiger partial charge in [-0.25, -0.2) is 4.98 Å². The molecule has 0 amide bonds. The number of aryl methyl sites for hydroxylation is 1. The van der Waals surface area contributed by atoms with Gasteiger partial charge in [-0.05, 0) is 30.5 Å². The molecule has 5 nitrogen and oxygen atoms in total. The van der Waals surface area contributed by atoms with Crippen LogP contribution in [0.2, 0.25) is 0 Å². The Balaban J connectivity index is 1.75. The van der Waals surface area contributed by atoms with Crippen molar-refractivity contribution in [2.45, 2.75) is 12.8 Å². The van der Waals surface area contributed by atoms with E-state index in [4.69, 9.17) is 4.74 Å². The molecule has 2 rings (SSSR count). The highest BCUT2D eigenvalue weighted by Gasteiger charge is 1.98. The first kappa shape index (κ1) is 12.3. The summed E-state index contributed by atoms with van der Waals surface area (Å²) in [6.07, 6.45) is 7.21. The topological polar surface area (TPSA) is 59.9 Å². The van der Waals surface area contributed by atoms with E-state index >= 15 is 0 Å². The summed E-state index contributed by atoms with van der Waals surface area (Å²) in [7, 11) is 1.78. The molecule has 0 aliphatic carbocycles. The van der Waals surface area contributed by atoms with Crippen LogP contribution in [0.25, 0.3) is 0 Å². The van der Waals surface area contributed by atoms with Gasteiger partial charge in [0.1, 0.15) is 0 Å². The molecule has 0 spiro atoms. The molecular weight excluding hydrogens is 228 g/mol. The minimum Gasteiger partial charge on any atom is -0.478 e. The van der Waals surface area contributed by atoms with Crippen LogP contribution in [-0.2, 0) is 6.42 Å². The third-order valence-electron chi connectivity index (χ3n) is 2.46. The molecular formula is C13H16N4O. The van der Waals surface area contributed by atoms with Gasteiger partial charge < -0.3 is 10.1 Å². The van der Waals surface area contributed by atoms with Gasteiger partial charge in [0, 0.05) is 31.7 Å². The summed E-state index contributed by atoms with van der Waals surface area (Å²) in [6.45, 7) is 0.641. The van der Waals surface area contributed by atoms with Gasteiger partial charge in [0.2, 0.25) is 11.8 Å². The van der Waals surface area contributed by atoms with E-state index in [2.05, 4.69) is 20.3 Å². The predicted molar refractivity (Wildman–Crippen MR) is 69.6 cm³/mol. The summed E-state index contributed by atoms with van der Waals surface area (Å²) in [6, 6.07) is 5.79. The van der Waals surface area contributed by atoms with Crippen LogP contribution in [0.1, 0.15) is 12.0 Å². The Labute approximate surface area is 106 Å². The second kappa shape index (κ2) is 6.54. The van der Waals surface area contributed by atoms with Crippen molar-refractivity contribution in [1.29, 1.82) is 0 Å². The molecule has 0 aliphatic rings. The zero-order valence-electron chi connectivity index (χ0n) is 10.3. The highest BCUT2D eigenvalue weighted by atomic mass is 16.5. The fraction of sp³-hybridized carbons (Fsp3) is 0.308. The summed E-state index contributed by atoms with van der Waals surface area (Å²) in [5.74, 6) is 1.17. The molecule has 0 atom stereocenters. The Hall–Kier alpha value is -2.17. The largest absolute Gasteiger partial charge is 0.478 e. The summed E-state index contributed by atoms with van der Waals surface area (Å²) in [5, 5.41) is 2.87. The van der Waals surface area contributed by atoms with Crippen LogP contribution in [0.4, 0.5) is 5.95 Å². The van der Waals surface area contributed by atoms with Crippen LogP contribution in [0.3, 0.4) is 0 Å². The van der Waals surface area contributed by atoms with Gasteiger partial charge in [0.15, 0.2) is 0 Å². The molecule has 2 heterocycles. The molecule has 2 aromatic rings. The number of hydrogen-bond acceptors (Lipinski definition) is 5. The van der Waals surface area contributed by atoms with E-state index in [0.717, 1.165) is 12.8 Å². The lowest BCUT2D eigenvalue weighted by molar-refractivity contribution is 0.299. The molecule has 0 aromatic carbocycles. The normalized spacial score (nSPS) is 10.1. The highest BCUT2D eigenvalue weighted by Crippen LogP contribution is 2.08. The van der Waals surface area contributed by atoms with Crippen molar-refractivity contribution in [2.75, 3.05) is 19.0 Å². The standard InChI is InChI=1S/C13H16N4O/c1-14-13-16-9-6-12(17-13)18-10-2-3-11-4-7-15-8-5-11/h4-9H,2-3,10H2,1H3,(H,14,16,17). The maximum absolute atomic E-state index is 5.56. The fourth-order valence-electron chi connectivity index (χ4n) is 1.55. The van der Waals surface area contributed by atoms with Gasteiger partial charge in [-0.2, -0.15) is 4.98 Å². The van der Waals surface area contributed by atoms with Crippen LogP contribution in [0, 0.1) is 0 Å². The number of aromatic nitrogens is 3. The first-order valence-corrected chi connectivity index (χ1v) is 5.91. The lowest BCUT2D eigenvalue weighted by Gasteiger charge is -2.06. The second-order valence-corrected chi connectivity index (χ2v) is 3.78. The first-order chi connectivity index (χ1) is 8.88. The van der Waals surface area contributed by atoms with Crippen molar-refractivity contribution < 1.29 is 4.74 Å². The first-order valence-electron chi connectivity index (χ1n) is 5.91. The SMILES string of the molecule is CNc1nccc(OCCCc2ccncc2)n1. The molecule has 18 heavy (non-hydrogen) atoms. The van der Waals surface area contributed by atoms with E-state index in [1.807, 2.05) is 12.1 Å². The summed E-state index contributed by atoms with van der Waals surface area (Å²) in [5.41, 5.74) is 1.27. The predicted octanol–water partition coefficient (Wildman–Crippen LogP) is 1.92. The number of anilines is 1. The molecule has 0 bridgehead atoms. The average molecular weight is 244 g/mol. The van der Waals surface area contributed by atoms with E-state index < -0.39 is 0 Å². The van der Waals surface area contributed by atoms with E-state index in [9.17, 15) is 0 Å². The Kier molecular flexibility index (Phi) is 4.46. The molecule has 0 saturated heterocycles. The lowest BCUT2D eigenvalue weighted by Crippen LogP contribution is -2.03. The molecule has 0 saturated carbocycles. The molecule has 2 aromatic heterocycles. The van der Waals surface area contributed by atoms with Crippen molar-refractivity contribution in [1.82, 2.24) is 15.0 Å². The Morgan fingerprint density at radius 3 is 2.78 bits per heavy atom. The average Bonchev–Trinajstić information content (AvgIpc) is 2.45. The number of nitrogens with one attached hydrogen (secondary N) is 1. The minimum atomic E-state index is 0.571. The quantitative estimate of drug-likeness (QED) is 0.787. The van der Waals surface area contributed by atoms with Gasteiger partial charge in [0.25, 0.3) is 0 Å². The zero-order chi connectivity index (χ0) is 12.6. The summed E-state index contributed by atoms with van der Waals surface area (Å²) >= 11 is 0. The molecule has 0 aliphatic heterocycles. The van der Waals surface area contributed by atoms with Gasteiger partial charge in [-0.15, -0.1) is 0 Å². The lowest BCUT2D eigenvalue weighted by atomic mass is 10.1. The van der Waals surface area contributed by atoms with E-state index in [1.165, 1.54) is 5.56 Å². The fourth-order valence-corrected chi connectivity index (χ4v) is 1.55. The van der Waals surface area contributed by atoms with E-state index in [1.54, 1.807) is 31.7 Å². The van der Waals surface area contributed by atoms with Crippen molar-refractivity contribution in [3.8, 4) is 5.88 Å². The second-order valence-electron chi connectivity index (χ2n) is 3.78. The smallest absolute Gasteiger partial charge is 0.225 e. The Morgan fingerprint density at radius 2 is 2.00 bits per heavy atom. The molecule has 5 heteroatoms. The number of hydrogen-bond donors (Lipinski definition) is 1. The summed E-state index contributed by atoms with van der Waals surface area (Å²) in [4.78, 5) is 12.2. The van der Waals surface area contributed by atoms with Gasteiger partial charge >= 0.3 is 0 Å². The van der Waals surface area contributed by atoms with E-state index in [-0.39, 0.29) is 0 Å². The van der Waals surface area contributed by atoms with Crippen molar-refractivity contribution in [3.05, 3.63) is 42.4 Å². The van der Waals surface area contributed by atoms with Crippen LogP contribution in [0.5, 0.6) is 5.88 Å². The van der Waals surface area contributed by atoms with Crippen LogP contribution in [-0.4, -0.2) is 28.6 Å². The molecule has 94 valence electrons. The summed E-state index contributed by atoms with van der Waals surface area (Å²) < 4.78 is 5.56. The zero-order valence-corrected chi connectivity index (χ0v) is 10.3.